The first-order chi connectivity index (χ1) is 12.5. The van der Waals surface area contributed by atoms with Gasteiger partial charge in [-0.3, -0.25) is 9.69 Å². The summed E-state index contributed by atoms with van der Waals surface area (Å²) >= 11 is 0. The van der Waals surface area contributed by atoms with E-state index in [4.69, 9.17) is 9.47 Å². The lowest BCUT2D eigenvalue weighted by molar-refractivity contribution is -0.125. The van der Waals surface area contributed by atoms with E-state index in [0.717, 1.165) is 23.5 Å². The van der Waals surface area contributed by atoms with Crippen LogP contribution < -0.4 is 14.8 Å². The molecule has 0 aliphatic carbocycles. The van der Waals surface area contributed by atoms with Crippen LogP contribution in [0, 0.1) is 0 Å². The van der Waals surface area contributed by atoms with E-state index in [1.165, 1.54) is 5.56 Å². The van der Waals surface area contributed by atoms with Crippen molar-refractivity contribution in [2.24, 2.45) is 0 Å². The quantitative estimate of drug-likeness (QED) is 0.751. The van der Waals surface area contributed by atoms with Gasteiger partial charge in [0.2, 0.25) is 5.91 Å². The van der Waals surface area contributed by atoms with Gasteiger partial charge in [-0.15, -0.1) is 0 Å². The Kier molecular flexibility index (Phi) is 7.48. The van der Waals surface area contributed by atoms with E-state index in [2.05, 4.69) is 5.32 Å². The summed E-state index contributed by atoms with van der Waals surface area (Å²) in [5.74, 6) is 1.70. The Labute approximate surface area is 155 Å². The standard InChI is InChI=1S/C21H28N2O3/c1-16(23(2)15-18-6-5-7-20(14-18)26-4)21(24)22-13-12-17-8-10-19(25-3)11-9-17/h5-11,14,16H,12-13,15H2,1-4H3,(H,22,24). The molecule has 0 bridgehead atoms. The van der Waals surface area contributed by atoms with Gasteiger partial charge in [0.1, 0.15) is 11.5 Å². The summed E-state index contributed by atoms with van der Waals surface area (Å²) in [7, 11) is 5.26. The zero-order valence-corrected chi connectivity index (χ0v) is 16.0. The van der Waals surface area contributed by atoms with Gasteiger partial charge in [-0.2, -0.15) is 0 Å². The Morgan fingerprint density at radius 3 is 2.38 bits per heavy atom. The maximum absolute atomic E-state index is 12.4. The van der Waals surface area contributed by atoms with Crippen molar-refractivity contribution in [1.29, 1.82) is 0 Å². The number of nitrogens with one attached hydrogen (secondary N) is 1. The molecule has 0 heterocycles. The zero-order valence-electron chi connectivity index (χ0n) is 16.0. The Morgan fingerprint density at radius 2 is 1.73 bits per heavy atom. The number of likely N-dealkylation sites (N-methyl/N-ethyl adjacent to an activating group) is 1. The molecule has 0 aromatic heterocycles. The number of amides is 1. The highest BCUT2D eigenvalue weighted by Crippen LogP contribution is 2.15. The van der Waals surface area contributed by atoms with Gasteiger partial charge in [-0.1, -0.05) is 24.3 Å². The van der Waals surface area contributed by atoms with Crippen LogP contribution in [-0.2, 0) is 17.8 Å². The van der Waals surface area contributed by atoms with Crippen molar-refractivity contribution >= 4 is 5.91 Å². The van der Waals surface area contributed by atoms with Gasteiger partial charge in [0, 0.05) is 13.1 Å². The van der Waals surface area contributed by atoms with E-state index in [1.54, 1.807) is 14.2 Å². The molecule has 1 N–H and O–H groups in total. The molecule has 0 saturated carbocycles. The zero-order chi connectivity index (χ0) is 18.9. The fourth-order valence-corrected chi connectivity index (χ4v) is 2.67. The van der Waals surface area contributed by atoms with E-state index < -0.39 is 0 Å². The van der Waals surface area contributed by atoms with Crippen molar-refractivity contribution in [2.45, 2.75) is 25.9 Å². The monoisotopic (exact) mass is 356 g/mol. The van der Waals surface area contributed by atoms with Gasteiger partial charge in [-0.25, -0.2) is 0 Å². The van der Waals surface area contributed by atoms with E-state index in [-0.39, 0.29) is 11.9 Å². The van der Waals surface area contributed by atoms with Gasteiger partial charge < -0.3 is 14.8 Å². The second kappa shape index (κ2) is 9.82. The van der Waals surface area contributed by atoms with Crippen molar-refractivity contribution in [3.63, 3.8) is 0 Å². The third-order valence-corrected chi connectivity index (χ3v) is 4.48. The lowest BCUT2D eigenvalue weighted by Crippen LogP contribution is -2.43. The number of nitrogens with zero attached hydrogens (tertiary/aromatic N) is 1. The topological polar surface area (TPSA) is 50.8 Å². The Bertz CT molecular complexity index is 701. The molecule has 0 saturated heterocycles. The highest BCUT2D eigenvalue weighted by atomic mass is 16.5. The maximum Gasteiger partial charge on any atom is 0.237 e. The minimum absolute atomic E-state index is 0.0314. The molecule has 140 valence electrons. The van der Waals surface area contributed by atoms with Crippen LogP contribution in [0.5, 0.6) is 11.5 Å². The van der Waals surface area contributed by atoms with Crippen molar-refractivity contribution in [3.8, 4) is 11.5 Å². The van der Waals surface area contributed by atoms with E-state index in [1.807, 2.05) is 67.4 Å². The molecule has 0 aliphatic heterocycles. The van der Waals surface area contributed by atoms with Crippen molar-refractivity contribution in [2.75, 3.05) is 27.8 Å². The van der Waals surface area contributed by atoms with Gasteiger partial charge >= 0.3 is 0 Å². The SMILES string of the molecule is COc1ccc(CCNC(=O)C(C)N(C)Cc2cccc(OC)c2)cc1. The molecule has 2 rings (SSSR count). The first-order valence-corrected chi connectivity index (χ1v) is 8.77. The largest absolute Gasteiger partial charge is 0.497 e. The average Bonchev–Trinajstić information content (AvgIpc) is 2.67. The Balaban J connectivity index is 1.79. The van der Waals surface area contributed by atoms with Crippen molar-refractivity contribution in [3.05, 3.63) is 59.7 Å². The molecule has 1 unspecified atom stereocenters. The third-order valence-electron chi connectivity index (χ3n) is 4.48. The van der Waals surface area contributed by atoms with Gasteiger partial charge in [0.15, 0.2) is 0 Å². The highest BCUT2D eigenvalue weighted by molar-refractivity contribution is 5.81. The minimum atomic E-state index is -0.211. The van der Waals surface area contributed by atoms with Gasteiger partial charge in [-0.05, 0) is 55.8 Å². The molecule has 26 heavy (non-hydrogen) atoms. The Morgan fingerprint density at radius 1 is 1.04 bits per heavy atom. The van der Waals surface area contributed by atoms with E-state index in [0.29, 0.717) is 13.1 Å². The van der Waals surface area contributed by atoms with Crippen LogP contribution >= 0.6 is 0 Å². The molecule has 1 atom stereocenters. The fraction of sp³-hybridized carbons (Fsp3) is 0.381. The second-order valence-corrected chi connectivity index (χ2v) is 6.33. The van der Waals surface area contributed by atoms with E-state index in [9.17, 15) is 4.79 Å². The highest BCUT2D eigenvalue weighted by Gasteiger charge is 2.17. The maximum atomic E-state index is 12.4. The van der Waals surface area contributed by atoms with Gasteiger partial charge in [0.25, 0.3) is 0 Å². The molecule has 0 fully saturated rings. The summed E-state index contributed by atoms with van der Waals surface area (Å²) in [5.41, 5.74) is 2.29. The first kappa shape index (κ1) is 19.8. The molecular weight excluding hydrogens is 328 g/mol. The summed E-state index contributed by atoms with van der Waals surface area (Å²) in [6, 6.07) is 15.6. The van der Waals surface area contributed by atoms with Crippen LogP contribution in [0.15, 0.2) is 48.5 Å². The van der Waals surface area contributed by atoms with Crippen LogP contribution in [-0.4, -0.2) is 44.7 Å². The van der Waals surface area contributed by atoms with Crippen molar-refractivity contribution in [1.82, 2.24) is 10.2 Å². The molecule has 2 aromatic rings. The van der Waals surface area contributed by atoms with Crippen molar-refractivity contribution < 1.29 is 14.3 Å². The van der Waals surface area contributed by atoms with Crippen LogP contribution in [0.2, 0.25) is 0 Å². The number of hydrogen-bond donors (Lipinski definition) is 1. The number of methoxy groups -OCH3 is 2. The Hall–Kier alpha value is -2.53. The molecule has 1 amide bonds. The van der Waals surface area contributed by atoms with Crippen LogP contribution in [0.3, 0.4) is 0 Å². The lowest BCUT2D eigenvalue weighted by atomic mass is 10.1. The molecule has 0 spiro atoms. The predicted molar refractivity (Wildman–Crippen MR) is 104 cm³/mol. The third kappa shape index (κ3) is 5.77. The summed E-state index contributed by atoms with van der Waals surface area (Å²) in [5, 5.41) is 3.01. The molecule has 2 aromatic carbocycles. The number of rotatable bonds is 9. The lowest BCUT2D eigenvalue weighted by Gasteiger charge is -2.24. The summed E-state index contributed by atoms with van der Waals surface area (Å²) in [4.78, 5) is 14.4. The molecule has 5 heteroatoms. The molecule has 0 radical (unpaired) electrons. The molecular formula is C21H28N2O3. The van der Waals surface area contributed by atoms with Crippen LogP contribution in [0.4, 0.5) is 0 Å². The normalized spacial score (nSPS) is 11.9. The fourth-order valence-electron chi connectivity index (χ4n) is 2.67. The number of carbonyl (C=O) groups excluding carboxylic acids is 1. The summed E-state index contributed by atoms with van der Waals surface area (Å²) in [6.45, 7) is 3.22. The van der Waals surface area contributed by atoms with Crippen LogP contribution in [0.25, 0.3) is 0 Å². The molecule has 5 nitrogen and oxygen atoms in total. The summed E-state index contributed by atoms with van der Waals surface area (Å²) < 4.78 is 10.4. The molecule has 0 aliphatic rings. The number of hydrogen-bond acceptors (Lipinski definition) is 4. The first-order valence-electron chi connectivity index (χ1n) is 8.77. The van der Waals surface area contributed by atoms with E-state index >= 15 is 0 Å². The number of ether oxygens (including phenoxy) is 2. The minimum Gasteiger partial charge on any atom is -0.497 e. The van der Waals surface area contributed by atoms with Crippen LogP contribution in [0.1, 0.15) is 18.1 Å². The number of benzene rings is 2. The number of carbonyl (C=O) groups is 1. The summed E-state index contributed by atoms with van der Waals surface area (Å²) in [6.07, 6.45) is 0.794. The smallest absolute Gasteiger partial charge is 0.237 e. The second-order valence-electron chi connectivity index (χ2n) is 6.33. The predicted octanol–water partition coefficient (Wildman–Crippen LogP) is 2.88. The van der Waals surface area contributed by atoms with Gasteiger partial charge in [0.05, 0.1) is 20.3 Å². The average molecular weight is 356 g/mol.